The zero-order chi connectivity index (χ0) is 19.3. The van der Waals surface area contributed by atoms with Crippen molar-refractivity contribution in [1.29, 1.82) is 0 Å². The van der Waals surface area contributed by atoms with Gasteiger partial charge in [-0.15, -0.1) is 0 Å². The molecule has 4 rings (SSSR count). The van der Waals surface area contributed by atoms with Gasteiger partial charge in [-0.1, -0.05) is 72.8 Å². The number of fused-ring (bicyclic) bond motifs is 1. The molecule has 5 heteroatoms. The highest BCUT2D eigenvalue weighted by molar-refractivity contribution is 5.89. The smallest absolute Gasteiger partial charge is 0.247 e. The zero-order valence-corrected chi connectivity index (χ0v) is 15.3. The van der Waals surface area contributed by atoms with Crippen LogP contribution in [0.1, 0.15) is 11.6 Å². The minimum Gasteiger partial charge on any atom is -0.395 e. The van der Waals surface area contributed by atoms with E-state index in [4.69, 9.17) is 10.1 Å². The standard InChI is InChI=1S/C23H21N3O2/c27-16-15-24-23(28)21(17-9-3-1-4-10-17)26-20-14-8-7-13-19(20)25-22(26)18-11-5-2-6-12-18/h1-14,21,27H,15-16H2,(H,24,28). The van der Waals surface area contributed by atoms with Crippen LogP contribution in [0.2, 0.25) is 0 Å². The number of hydrogen-bond donors (Lipinski definition) is 2. The van der Waals surface area contributed by atoms with Gasteiger partial charge in [0.2, 0.25) is 5.91 Å². The summed E-state index contributed by atoms with van der Waals surface area (Å²) in [7, 11) is 0. The summed E-state index contributed by atoms with van der Waals surface area (Å²) in [5, 5.41) is 12.0. The van der Waals surface area contributed by atoms with Crippen LogP contribution in [0.4, 0.5) is 0 Å². The maximum Gasteiger partial charge on any atom is 0.247 e. The van der Waals surface area contributed by atoms with Crippen molar-refractivity contribution in [1.82, 2.24) is 14.9 Å². The molecule has 0 aliphatic rings. The van der Waals surface area contributed by atoms with Gasteiger partial charge in [-0.05, 0) is 17.7 Å². The fraction of sp³-hybridized carbons (Fsp3) is 0.130. The third kappa shape index (κ3) is 3.40. The lowest BCUT2D eigenvalue weighted by atomic mass is 10.0. The molecule has 0 bridgehead atoms. The third-order valence-corrected chi connectivity index (χ3v) is 4.66. The van der Waals surface area contributed by atoms with Gasteiger partial charge in [0.25, 0.3) is 0 Å². The second-order valence-electron chi connectivity index (χ2n) is 6.49. The van der Waals surface area contributed by atoms with E-state index in [0.717, 1.165) is 28.0 Å². The Hall–Kier alpha value is -3.44. The second-order valence-corrected chi connectivity index (χ2v) is 6.49. The van der Waals surface area contributed by atoms with Crippen molar-refractivity contribution in [3.8, 4) is 11.4 Å². The number of rotatable bonds is 6. The summed E-state index contributed by atoms with van der Waals surface area (Å²) in [5.74, 6) is 0.551. The van der Waals surface area contributed by atoms with Gasteiger partial charge in [0.05, 0.1) is 17.6 Å². The lowest BCUT2D eigenvalue weighted by Crippen LogP contribution is -2.35. The molecule has 0 aliphatic heterocycles. The first-order valence-corrected chi connectivity index (χ1v) is 9.25. The van der Waals surface area contributed by atoms with Crippen molar-refractivity contribution < 1.29 is 9.90 Å². The molecular weight excluding hydrogens is 350 g/mol. The van der Waals surface area contributed by atoms with Crippen molar-refractivity contribution in [2.45, 2.75) is 6.04 Å². The summed E-state index contributed by atoms with van der Waals surface area (Å²) < 4.78 is 1.98. The highest BCUT2D eigenvalue weighted by Crippen LogP contribution is 2.31. The molecule has 1 aromatic heterocycles. The fourth-order valence-corrected chi connectivity index (χ4v) is 3.43. The maximum atomic E-state index is 13.2. The Kier molecular flexibility index (Phi) is 5.17. The number of benzene rings is 3. The number of hydrogen-bond acceptors (Lipinski definition) is 3. The van der Waals surface area contributed by atoms with Gasteiger partial charge in [0.15, 0.2) is 0 Å². The van der Waals surface area contributed by atoms with Gasteiger partial charge in [0, 0.05) is 12.1 Å². The average molecular weight is 371 g/mol. The van der Waals surface area contributed by atoms with E-state index in [9.17, 15) is 4.79 Å². The van der Waals surface area contributed by atoms with E-state index < -0.39 is 6.04 Å². The van der Waals surface area contributed by atoms with E-state index in [1.165, 1.54) is 0 Å². The largest absolute Gasteiger partial charge is 0.395 e. The van der Waals surface area contributed by atoms with E-state index in [1.807, 2.05) is 89.5 Å². The Bertz CT molecular complexity index is 1070. The predicted octanol–water partition coefficient (Wildman–Crippen LogP) is 3.40. The molecule has 2 N–H and O–H groups in total. The van der Waals surface area contributed by atoms with Crippen LogP contribution in [0, 0.1) is 0 Å². The minimum absolute atomic E-state index is 0.108. The molecule has 1 amide bonds. The topological polar surface area (TPSA) is 67.2 Å². The Morgan fingerprint density at radius 2 is 1.57 bits per heavy atom. The summed E-state index contributed by atoms with van der Waals surface area (Å²) in [4.78, 5) is 18.0. The molecule has 0 saturated carbocycles. The first-order valence-electron chi connectivity index (χ1n) is 9.25. The Balaban J connectivity index is 1.96. The van der Waals surface area contributed by atoms with E-state index in [1.54, 1.807) is 0 Å². The highest BCUT2D eigenvalue weighted by Gasteiger charge is 2.27. The molecule has 1 unspecified atom stereocenters. The van der Waals surface area contributed by atoms with Gasteiger partial charge >= 0.3 is 0 Å². The van der Waals surface area contributed by atoms with Gasteiger partial charge in [-0.3, -0.25) is 4.79 Å². The molecule has 0 spiro atoms. The van der Waals surface area contributed by atoms with Crippen LogP contribution >= 0.6 is 0 Å². The molecular formula is C23H21N3O2. The number of nitrogens with one attached hydrogen (secondary N) is 1. The van der Waals surface area contributed by atoms with Crippen molar-refractivity contribution in [2.75, 3.05) is 13.2 Å². The van der Waals surface area contributed by atoms with Crippen LogP contribution in [0.5, 0.6) is 0 Å². The van der Waals surface area contributed by atoms with Crippen LogP contribution in [0.15, 0.2) is 84.9 Å². The monoisotopic (exact) mass is 371 g/mol. The third-order valence-electron chi connectivity index (χ3n) is 4.66. The second kappa shape index (κ2) is 8.06. The van der Waals surface area contributed by atoms with Gasteiger partial charge < -0.3 is 15.0 Å². The lowest BCUT2D eigenvalue weighted by Gasteiger charge is -2.22. The Morgan fingerprint density at radius 3 is 2.29 bits per heavy atom. The van der Waals surface area contributed by atoms with E-state index >= 15 is 0 Å². The van der Waals surface area contributed by atoms with Crippen LogP contribution in [-0.2, 0) is 4.79 Å². The number of nitrogens with zero attached hydrogens (tertiary/aromatic N) is 2. The number of imidazole rings is 1. The maximum absolute atomic E-state index is 13.2. The molecule has 4 aromatic rings. The summed E-state index contributed by atoms with van der Waals surface area (Å²) in [6.07, 6.45) is 0. The lowest BCUT2D eigenvalue weighted by molar-refractivity contribution is -0.123. The molecule has 28 heavy (non-hydrogen) atoms. The van der Waals surface area contributed by atoms with Crippen molar-refractivity contribution >= 4 is 16.9 Å². The first kappa shape index (κ1) is 17.9. The molecule has 0 fully saturated rings. The first-order chi connectivity index (χ1) is 13.8. The number of amides is 1. The van der Waals surface area contributed by atoms with Crippen LogP contribution < -0.4 is 5.32 Å². The molecule has 3 aromatic carbocycles. The molecule has 1 heterocycles. The normalized spacial score (nSPS) is 12.0. The molecule has 0 saturated heterocycles. The zero-order valence-electron chi connectivity index (χ0n) is 15.3. The predicted molar refractivity (Wildman–Crippen MR) is 110 cm³/mol. The summed E-state index contributed by atoms with van der Waals surface area (Å²) in [5.41, 5.74) is 3.51. The molecule has 5 nitrogen and oxygen atoms in total. The Morgan fingerprint density at radius 1 is 0.929 bits per heavy atom. The minimum atomic E-state index is -0.602. The SMILES string of the molecule is O=C(NCCO)C(c1ccccc1)n1c(-c2ccccc2)nc2ccccc21. The quantitative estimate of drug-likeness (QED) is 0.546. The molecule has 140 valence electrons. The molecule has 0 aliphatic carbocycles. The molecule has 1 atom stereocenters. The summed E-state index contributed by atoms with van der Waals surface area (Å²) in [6, 6.07) is 26.7. The van der Waals surface area contributed by atoms with E-state index in [-0.39, 0.29) is 19.1 Å². The van der Waals surface area contributed by atoms with E-state index in [0.29, 0.717) is 0 Å². The van der Waals surface area contributed by atoms with Gasteiger partial charge in [-0.2, -0.15) is 0 Å². The highest BCUT2D eigenvalue weighted by atomic mass is 16.3. The number of aliphatic hydroxyl groups is 1. The van der Waals surface area contributed by atoms with E-state index in [2.05, 4.69) is 5.32 Å². The average Bonchev–Trinajstić information content (AvgIpc) is 3.13. The van der Waals surface area contributed by atoms with Crippen molar-refractivity contribution in [3.05, 3.63) is 90.5 Å². The van der Waals surface area contributed by atoms with Crippen LogP contribution in [0.3, 0.4) is 0 Å². The van der Waals surface area contributed by atoms with Crippen LogP contribution in [-0.4, -0.2) is 33.7 Å². The fourth-order valence-electron chi connectivity index (χ4n) is 3.43. The summed E-state index contributed by atoms with van der Waals surface area (Å²) >= 11 is 0. The number of aliphatic hydroxyl groups excluding tert-OH is 1. The Labute approximate surface area is 163 Å². The van der Waals surface area contributed by atoms with Gasteiger partial charge in [0.1, 0.15) is 11.9 Å². The number of aromatic nitrogens is 2. The van der Waals surface area contributed by atoms with Crippen molar-refractivity contribution in [2.24, 2.45) is 0 Å². The molecule has 0 radical (unpaired) electrons. The van der Waals surface area contributed by atoms with Crippen molar-refractivity contribution in [3.63, 3.8) is 0 Å². The van der Waals surface area contributed by atoms with Gasteiger partial charge in [-0.25, -0.2) is 4.98 Å². The number of carbonyl (C=O) groups is 1. The number of carbonyl (C=O) groups excluding carboxylic acids is 1. The summed E-state index contributed by atoms with van der Waals surface area (Å²) in [6.45, 7) is 0.0962. The number of para-hydroxylation sites is 2. The van der Waals surface area contributed by atoms with Crippen LogP contribution in [0.25, 0.3) is 22.4 Å².